The highest BCUT2D eigenvalue weighted by molar-refractivity contribution is 5.84. The van der Waals surface area contributed by atoms with Crippen LogP contribution in [0.5, 0.6) is 0 Å². The van der Waals surface area contributed by atoms with Gasteiger partial charge in [0, 0.05) is 17.7 Å². The molecule has 72 valence electrons. The third-order valence-electron chi connectivity index (χ3n) is 1.92. The van der Waals surface area contributed by atoms with Crippen molar-refractivity contribution in [3.8, 4) is 0 Å². The zero-order chi connectivity index (χ0) is 10.1. The molecule has 1 aromatic rings. The zero-order valence-corrected chi connectivity index (χ0v) is 7.04. The highest BCUT2D eigenvalue weighted by atomic mass is 19.1. The maximum absolute atomic E-state index is 13.2. The predicted octanol–water partition coefficient (Wildman–Crippen LogP) is 2.12. The largest absolute Gasteiger partial charge is 0.450 e. The molecule has 0 amide bonds. The van der Waals surface area contributed by atoms with Gasteiger partial charge in [-0.15, -0.1) is 0 Å². The van der Waals surface area contributed by atoms with Crippen LogP contribution in [0.25, 0.3) is 0 Å². The number of ether oxygens (including phenoxy) is 1. The summed E-state index contributed by atoms with van der Waals surface area (Å²) in [4.78, 5) is 10.7. The fourth-order valence-corrected chi connectivity index (χ4v) is 1.27. The number of esters is 1. The van der Waals surface area contributed by atoms with Gasteiger partial charge in [-0.25, -0.2) is 13.6 Å². The maximum atomic E-state index is 13.2. The van der Waals surface area contributed by atoms with Crippen LogP contribution in [0.1, 0.15) is 11.7 Å². The molecule has 2 nitrogen and oxygen atoms in total. The Morgan fingerprint density at radius 2 is 2.07 bits per heavy atom. The highest BCUT2D eigenvalue weighted by Crippen LogP contribution is 2.26. The summed E-state index contributed by atoms with van der Waals surface area (Å²) >= 11 is 0. The van der Waals surface area contributed by atoms with Crippen LogP contribution in [0.2, 0.25) is 0 Å². The molecule has 0 fully saturated rings. The number of rotatable bonds is 1. The summed E-state index contributed by atoms with van der Waals surface area (Å²) in [6.07, 6.45) is 1.91. The van der Waals surface area contributed by atoms with Crippen molar-refractivity contribution >= 4 is 5.97 Å². The Bertz CT molecular complexity index is 413. The highest BCUT2D eigenvalue weighted by Gasteiger charge is 2.21. The van der Waals surface area contributed by atoms with Gasteiger partial charge in [-0.3, -0.25) is 0 Å². The van der Waals surface area contributed by atoms with Gasteiger partial charge in [0.1, 0.15) is 17.7 Å². The molecule has 0 saturated heterocycles. The van der Waals surface area contributed by atoms with Gasteiger partial charge >= 0.3 is 5.97 Å². The van der Waals surface area contributed by atoms with E-state index in [0.29, 0.717) is 0 Å². The predicted molar refractivity (Wildman–Crippen MR) is 44.3 cm³/mol. The van der Waals surface area contributed by atoms with E-state index in [1.807, 2.05) is 0 Å². The standard InChI is InChI=1S/C10H6F2O2/c11-6-1-2-7(8(12)5-6)9-3-4-10(13)14-9/h1-5,9H. The minimum absolute atomic E-state index is 0.161. The second-order valence-electron chi connectivity index (χ2n) is 2.88. The van der Waals surface area contributed by atoms with Crippen LogP contribution in [0.4, 0.5) is 8.78 Å². The van der Waals surface area contributed by atoms with Crippen LogP contribution in [0.15, 0.2) is 30.4 Å². The van der Waals surface area contributed by atoms with E-state index in [-0.39, 0.29) is 5.56 Å². The van der Waals surface area contributed by atoms with Gasteiger partial charge in [-0.1, -0.05) is 0 Å². The second-order valence-corrected chi connectivity index (χ2v) is 2.88. The second kappa shape index (κ2) is 3.21. The zero-order valence-electron chi connectivity index (χ0n) is 7.04. The molecule has 4 heteroatoms. The van der Waals surface area contributed by atoms with Crippen LogP contribution >= 0.6 is 0 Å². The number of cyclic esters (lactones) is 1. The normalized spacial score (nSPS) is 19.9. The van der Waals surface area contributed by atoms with Crippen LogP contribution in [-0.2, 0) is 9.53 Å². The van der Waals surface area contributed by atoms with Gasteiger partial charge < -0.3 is 4.74 Å². The Kier molecular flexibility index (Phi) is 2.04. The van der Waals surface area contributed by atoms with Crippen LogP contribution in [-0.4, -0.2) is 5.97 Å². The molecule has 0 bridgehead atoms. The number of carbonyl (C=O) groups excluding carboxylic acids is 1. The van der Waals surface area contributed by atoms with E-state index in [2.05, 4.69) is 0 Å². The van der Waals surface area contributed by atoms with Crippen molar-refractivity contribution in [3.63, 3.8) is 0 Å². The Hall–Kier alpha value is -1.71. The third kappa shape index (κ3) is 1.51. The van der Waals surface area contributed by atoms with Crippen molar-refractivity contribution in [1.29, 1.82) is 0 Å². The summed E-state index contributed by atoms with van der Waals surface area (Å²) in [6, 6.07) is 3.14. The number of hydrogen-bond donors (Lipinski definition) is 0. The minimum atomic E-state index is -0.733. The lowest BCUT2D eigenvalue weighted by Crippen LogP contribution is -2.02. The topological polar surface area (TPSA) is 26.3 Å². The molecule has 0 N–H and O–H groups in total. The summed E-state index contributed by atoms with van der Waals surface area (Å²) in [5.74, 6) is -1.88. The first-order valence-corrected chi connectivity index (χ1v) is 4.00. The lowest BCUT2D eigenvalue weighted by atomic mass is 10.1. The summed E-state index contributed by atoms with van der Waals surface area (Å²) < 4.78 is 30.5. The van der Waals surface area contributed by atoms with E-state index < -0.39 is 23.7 Å². The fraction of sp³-hybridized carbons (Fsp3) is 0.100. The molecule has 14 heavy (non-hydrogen) atoms. The number of benzene rings is 1. The Balaban J connectivity index is 2.33. The lowest BCUT2D eigenvalue weighted by Gasteiger charge is -2.09. The van der Waals surface area contributed by atoms with Gasteiger partial charge in [0.15, 0.2) is 0 Å². The first-order valence-electron chi connectivity index (χ1n) is 4.00. The van der Waals surface area contributed by atoms with Crippen molar-refractivity contribution in [1.82, 2.24) is 0 Å². The molecule has 0 aliphatic carbocycles. The number of hydrogen-bond acceptors (Lipinski definition) is 2. The van der Waals surface area contributed by atoms with E-state index in [4.69, 9.17) is 4.74 Å². The fourth-order valence-electron chi connectivity index (χ4n) is 1.27. The average Bonchev–Trinajstić information content (AvgIpc) is 2.51. The molecule has 2 rings (SSSR count). The quantitative estimate of drug-likeness (QED) is 0.643. The van der Waals surface area contributed by atoms with Crippen LogP contribution in [0.3, 0.4) is 0 Å². The molecule has 1 aromatic carbocycles. The summed E-state index contributed by atoms with van der Waals surface area (Å²) in [6.45, 7) is 0. The summed E-state index contributed by atoms with van der Waals surface area (Å²) in [7, 11) is 0. The smallest absolute Gasteiger partial charge is 0.331 e. The van der Waals surface area contributed by atoms with E-state index >= 15 is 0 Å². The SMILES string of the molecule is O=C1C=CC(c2ccc(F)cc2F)O1. The lowest BCUT2D eigenvalue weighted by molar-refractivity contribution is -0.138. The summed E-state index contributed by atoms with van der Waals surface area (Å²) in [5.41, 5.74) is 0.161. The van der Waals surface area contributed by atoms with Crippen molar-refractivity contribution in [2.45, 2.75) is 6.10 Å². The Morgan fingerprint density at radius 1 is 1.29 bits per heavy atom. The monoisotopic (exact) mass is 196 g/mol. The van der Waals surface area contributed by atoms with Gasteiger partial charge in [0.2, 0.25) is 0 Å². The first-order chi connectivity index (χ1) is 6.66. The average molecular weight is 196 g/mol. The van der Waals surface area contributed by atoms with Gasteiger partial charge in [-0.05, 0) is 18.2 Å². The minimum Gasteiger partial charge on any atom is -0.450 e. The maximum Gasteiger partial charge on any atom is 0.331 e. The molecule has 1 heterocycles. The molecule has 1 atom stereocenters. The molecule has 0 radical (unpaired) electrons. The number of carbonyl (C=O) groups is 1. The molecule has 1 unspecified atom stereocenters. The Morgan fingerprint density at radius 3 is 2.64 bits per heavy atom. The molecule has 0 aromatic heterocycles. The molecule has 1 aliphatic heterocycles. The van der Waals surface area contributed by atoms with Crippen molar-refractivity contribution in [2.75, 3.05) is 0 Å². The third-order valence-corrected chi connectivity index (χ3v) is 1.92. The number of halogens is 2. The molecular weight excluding hydrogens is 190 g/mol. The van der Waals surface area contributed by atoms with Crippen LogP contribution < -0.4 is 0 Å². The molecular formula is C10H6F2O2. The first kappa shape index (κ1) is 8.87. The van der Waals surface area contributed by atoms with E-state index in [9.17, 15) is 13.6 Å². The molecule has 1 aliphatic rings. The van der Waals surface area contributed by atoms with Gasteiger partial charge in [0.25, 0.3) is 0 Å². The van der Waals surface area contributed by atoms with Gasteiger partial charge in [-0.2, -0.15) is 0 Å². The van der Waals surface area contributed by atoms with E-state index in [0.717, 1.165) is 12.1 Å². The Labute approximate surface area is 78.8 Å². The van der Waals surface area contributed by atoms with Gasteiger partial charge in [0.05, 0.1) is 0 Å². The molecule has 0 spiro atoms. The summed E-state index contributed by atoms with van der Waals surface area (Å²) in [5, 5.41) is 0. The van der Waals surface area contributed by atoms with E-state index in [1.54, 1.807) is 0 Å². The van der Waals surface area contributed by atoms with Crippen molar-refractivity contribution in [3.05, 3.63) is 47.5 Å². The van der Waals surface area contributed by atoms with Crippen molar-refractivity contribution in [2.24, 2.45) is 0 Å². The molecule has 0 saturated carbocycles. The van der Waals surface area contributed by atoms with Crippen LogP contribution in [0, 0.1) is 11.6 Å². The van der Waals surface area contributed by atoms with E-state index in [1.165, 1.54) is 18.2 Å². The van der Waals surface area contributed by atoms with Crippen molar-refractivity contribution < 1.29 is 18.3 Å².